The first-order chi connectivity index (χ1) is 41.9. The molecular weight excluding hydrogens is 1090 g/mol. The third-order valence-corrected chi connectivity index (χ3v) is 18.3. The molecule has 9 heterocycles. The third-order valence-electron chi connectivity index (χ3n) is 18.3. The maximum atomic E-state index is 15.0. The first kappa shape index (κ1) is 55.4. The van der Waals surface area contributed by atoms with Crippen molar-refractivity contribution in [3.8, 4) is 39.9 Å². The zero-order valence-electron chi connectivity index (χ0n) is 48.9. The number of aliphatic hydroxyl groups is 2. The van der Waals surface area contributed by atoms with Crippen LogP contribution in [0.15, 0.2) is 84.0 Å². The van der Waals surface area contributed by atoms with Gasteiger partial charge in [-0.25, -0.2) is 0 Å². The van der Waals surface area contributed by atoms with Gasteiger partial charge in [0.05, 0.1) is 62.0 Å². The van der Waals surface area contributed by atoms with Gasteiger partial charge in [0.2, 0.25) is 11.8 Å². The van der Waals surface area contributed by atoms with E-state index in [2.05, 4.69) is 60.9 Å². The average Bonchev–Trinajstić information content (AvgIpc) is 1.43. The number of ether oxygens (including phenoxy) is 4. The largest absolute Gasteiger partial charge is 0.494 e. The Morgan fingerprint density at radius 3 is 2.48 bits per heavy atom. The molecule has 446 valence electrons. The number of nitrogens with one attached hydrogen (secondary N) is 4. The van der Waals surface area contributed by atoms with Crippen LogP contribution in [0.4, 0.5) is 5.82 Å². The Hall–Kier alpha value is -8.44. The summed E-state index contributed by atoms with van der Waals surface area (Å²) in [5, 5.41) is 48.0. The van der Waals surface area contributed by atoms with Gasteiger partial charge in [0.25, 0.3) is 5.56 Å². The lowest BCUT2D eigenvalue weighted by molar-refractivity contribution is -0.142. The van der Waals surface area contributed by atoms with Gasteiger partial charge in [0.15, 0.2) is 11.3 Å². The summed E-state index contributed by atoms with van der Waals surface area (Å²) in [6, 6.07) is 17.9. The third kappa shape index (κ3) is 9.84. The maximum absolute atomic E-state index is 15.0. The van der Waals surface area contributed by atoms with Gasteiger partial charge in [-0.1, -0.05) is 56.3 Å². The molecule has 0 radical (unpaired) electrons. The van der Waals surface area contributed by atoms with Crippen LogP contribution in [-0.4, -0.2) is 149 Å². The predicted octanol–water partition coefficient (Wildman–Crippen LogP) is 7.14. The van der Waals surface area contributed by atoms with Crippen molar-refractivity contribution in [2.75, 3.05) is 51.5 Å². The first-order valence-electron chi connectivity index (χ1n) is 30.2. The Balaban J connectivity index is 0.807. The highest BCUT2D eigenvalue weighted by molar-refractivity contribution is 6.08. The van der Waals surface area contributed by atoms with Crippen LogP contribution in [0, 0.1) is 12.8 Å². The number of benzene rings is 4. The minimum Gasteiger partial charge on any atom is -0.494 e. The van der Waals surface area contributed by atoms with Crippen molar-refractivity contribution in [2.24, 2.45) is 5.92 Å². The molecule has 4 saturated heterocycles. The van der Waals surface area contributed by atoms with E-state index in [0.717, 1.165) is 101 Å². The molecule has 22 nitrogen and oxygen atoms in total. The normalized spacial score (nSPS) is 20.5. The number of amides is 2. The molecule has 5 aliphatic rings. The molecule has 6 N–H and O–H groups in total. The second kappa shape index (κ2) is 22.4. The van der Waals surface area contributed by atoms with Crippen LogP contribution < -0.4 is 35.3 Å². The van der Waals surface area contributed by atoms with Crippen LogP contribution in [0.25, 0.3) is 66.0 Å². The van der Waals surface area contributed by atoms with E-state index in [1.54, 1.807) is 19.5 Å². The summed E-state index contributed by atoms with van der Waals surface area (Å²) in [5.41, 5.74) is 8.93. The van der Waals surface area contributed by atoms with Crippen molar-refractivity contribution in [2.45, 2.75) is 128 Å². The lowest BCUT2D eigenvalue weighted by Gasteiger charge is -2.31. The minimum atomic E-state index is -1.04. The highest BCUT2D eigenvalue weighted by Gasteiger charge is 2.44. The highest BCUT2D eigenvalue weighted by atomic mass is 16.5. The fourth-order valence-corrected chi connectivity index (χ4v) is 13.8. The second-order valence-corrected chi connectivity index (χ2v) is 24.1. The topological polar surface area (TPSA) is 265 Å². The quantitative estimate of drug-likeness (QED) is 0.0499. The van der Waals surface area contributed by atoms with Gasteiger partial charge >= 0.3 is 6.01 Å². The molecule has 9 aromatic rings. The summed E-state index contributed by atoms with van der Waals surface area (Å²) in [5.74, 6) is 0.766. The van der Waals surface area contributed by atoms with Crippen LogP contribution in [0.3, 0.4) is 0 Å². The standard InChI is InChI=1S/C64H71N13O9/c1-6-76-50(17-20-67-76)37-12-10-36(11-13-37)49(31-78)68-61(80)51-24-41(79)29-75(51)63(82)57(33(2)3)77-30-47-43-15-14-38(58(83-5)54(43)69-62(81)56(47)73-77)32-85-59-53(52-34(4)7-16-48-46(52)27-66-72-48)44(35-8-9-35)25-45-55(59)70-64(86-42-18-21-84-22-19-42)71-60(45)74-28-39-23-40(74)26-65-39/h7,10-17,20,25,27,30,33,35,39-42,49,51,57,65,78-79H,6,8-9,18-19,21-24,26,28-29,31-32H2,1-5H3,(H,66,72)(H,68,80)(H,69,81)/t39-,40-,41+,49-,51-,57-/m0/s1. The molecule has 5 fully saturated rings. The van der Waals surface area contributed by atoms with Crippen molar-refractivity contribution in [3.63, 3.8) is 0 Å². The summed E-state index contributed by atoms with van der Waals surface area (Å²) in [4.78, 5) is 61.0. The van der Waals surface area contributed by atoms with Crippen molar-refractivity contribution < 1.29 is 38.7 Å². The van der Waals surface area contributed by atoms with Crippen LogP contribution in [0.5, 0.6) is 17.5 Å². The number of carbonyl (C=O) groups excluding carboxylic acids is 2. The van der Waals surface area contributed by atoms with Gasteiger partial charge in [-0.15, -0.1) is 0 Å². The molecule has 0 spiro atoms. The number of carbonyl (C=O) groups is 2. The fraction of sp³-hybridized carbons (Fsp3) is 0.438. The Morgan fingerprint density at radius 2 is 1.74 bits per heavy atom. The number of fused-ring (bicyclic) bond motifs is 7. The molecule has 4 aliphatic heterocycles. The molecule has 2 amide bonds. The van der Waals surface area contributed by atoms with E-state index in [-0.39, 0.29) is 49.1 Å². The fourth-order valence-electron chi connectivity index (χ4n) is 13.8. The van der Waals surface area contributed by atoms with Crippen LogP contribution >= 0.6 is 0 Å². The monoisotopic (exact) mass is 1170 g/mol. The van der Waals surface area contributed by atoms with E-state index in [0.29, 0.717) is 76.2 Å². The summed E-state index contributed by atoms with van der Waals surface area (Å²) in [6.07, 6.45) is 8.75. The van der Waals surface area contributed by atoms with Gasteiger partial charge in [0, 0.05) is 103 Å². The number of aromatic amines is 2. The van der Waals surface area contributed by atoms with Gasteiger partial charge < -0.3 is 54.6 Å². The van der Waals surface area contributed by atoms with Crippen molar-refractivity contribution in [1.29, 1.82) is 0 Å². The number of aliphatic hydroxyl groups excluding tert-OH is 2. The number of hydrogen-bond donors (Lipinski definition) is 6. The molecule has 22 heteroatoms. The number of aryl methyl sites for hydroxylation is 2. The van der Waals surface area contributed by atoms with Gasteiger partial charge in [-0.05, 0) is 91.0 Å². The number of nitrogens with zero attached hydrogens (tertiary/aromatic N) is 9. The Kier molecular flexibility index (Phi) is 14.5. The number of pyridine rings is 1. The summed E-state index contributed by atoms with van der Waals surface area (Å²) < 4.78 is 29.4. The van der Waals surface area contributed by atoms with E-state index >= 15 is 0 Å². The number of piperazine rings is 1. The molecule has 1 aliphatic carbocycles. The number of likely N-dealkylation sites (tertiary alicyclic amines) is 1. The number of rotatable bonds is 18. The molecular formula is C64H71N13O9. The first-order valence-corrected chi connectivity index (χ1v) is 30.2. The smallest absolute Gasteiger partial charge is 0.319 e. The molecule has 0 unspecified atom stereocenters. The lowest BCUT2D eigenvalue weighted by Crippen LogP contribution is -2.50. The number of aromatic nitrogens is 9. The molecule has 86 heavy (non-hydrogen) atoms. The van der Waals surface area contributed by atoms with Crippen molar-refractivity contribution >= 4 is 61.2 Å². The van der Waals surface area contributed by atoms with Crippen molar-refractivity contribution in [1.82, 2.24) is 60.2 Å². The van der Waals surface area contributed by atoms with E-state index < -0.39 is 48.2 Å². The number of hydrogen-bond acceptors (Lipinski definition) is 16. The maximum Gasteiger partial charge on any atom is 0.319 e. The molecule has 2 bridgehead atoms. The molecule has 5 aromatic heterocycles. The molecule has 6 atom stereocenters. The zero-order valence-corrected chi connectivity index (χ0v) is 48.9. The Bertz CT molecular complexity index is 4140. The van der Waals surface area contributed by atoms with Gasteiger partial charge in [0.1, 0.15) is 41.9 Å². The number of H-pyrrole nitrogens is 2. The summed E-state index contributed by atoms with van der Waals surface area (Å²) in [6.45, 7) is 11.0. The van der Waals surface area contributed by atoms with E-state index in [1.165, 1.54) is 9.58 Å². The summed E-state index contributed by atoms with van der Waals surface area (Å²) in [7, 11) is 1.56. The molecule has 4 aromatic carbocycles. The zero-order chi connectivity index (χ0) is 59.1. The van der Waals surface area contributed by atoms with E-state index in [9.17, 15) is 24.6 Å². The van der Waals surface area contributed by atoms with Crippen LogP contribution in [0.1, 0.15) is 99.6 Å². The SMILES string of the molecule is CCn1nccc1-c1ccc([C@H](CO)NC(=O)[C@@H]2C[C@@H](O)CN2C(=O)[C@H](C(C)C)n2cc3c(n2)c(=O)[nH]c2c(OC)c(COc4c(-c5c(C)ccc6[nH]ncc56)c(C5CC5)cc5c(N6C[C@@H]7C[C@H]6CN7)nc(OC6CCOCC6)nc45)ccc23)cc1. The molecule has 1 saturated carbocycles. The Labute approximate surface area is 495 Å². The summed E-state index contributed by atoms with van der Waals surface area (Å²) >= 11 is 0. The van der Waals surface area contributed by atoms with Crippen molar-refractivity contribution in [3.05, 3.63) is 112 Å². The minimum absolute atomic E-state index is 0.000485. The van der Waals surface area contributed by atoms with Gasteiger partial charge in [-0.2, -0.15) is 25.3 Å². The van der Waals surface area contributed by atoms with E-state index in [1.807, 2.05) is 74.1 Å². The average molecular weight is 1170 g/mol. The molecule has 14 rings (SSSR count). The number of β-amino-alcohol motifs (C(OH)–C–C–N with tert-alkyl or cyclic N) is 1. The number of methoxy groups -OCH3 is 1. The lowest BCUT2D eigenvalue weighted by atomic mass is 9.89. The highest BCUT2D eigenvalue weighted by Crippen LogP contribution is 2.54. The predicted molar refractivity (Wildman–Crippen MR) is 323 cm³/mol. The van der Waals surface area contributed by atoms with Crippen LogP contribution in [-0.2, 0) is 27.5 Å². The van der Waals surface area contributed by atoms with E-state index in [4.69, 9.17) is 34.0 Å². The Morgan fingerprint density at radius 1 is 0.919 bits per heavy atom. The van der Waals surface area contributed by atoms with Gasteiger partial charge in [-0.3, -0.25) is 28.8 Å². The van der Waals surface area contributed by atoms with Crippen LogP contribution in [0.2, 0.25) is 0 Å². The number of anilines is 1. The second-order valence-electron chi connectivity index (χ2n) is 24.1.